The van der Waals surface area contributed by atoms with E-state index in [0.717, 1.165) is 29.6 Å². The Morgan fingerprint density at radius 2 is 2.00 bits per heavy atom. The minimum Gasteiger partial charge on any atom is -0.489 e. The number of aliphatic carboxylic acids is 1. The highest BCUT2D eigenvalue weighted by molar-refractivity contribution is 5.83. The van der Waals surface area contributed by atoms with Crippen LogP contribution in [-0.4, -0.2) is 29.1 Å². The quantitative estimate of drug-likeness (QED) is 0.540. The summed E-state index contributed by atoms with van der Waals surface area (Å²) in [4.78, 5) is 11.1. The molecule has 1 aliphatic heterocycles. The van der Waals surface area contributed by atoms with Crippen LogP contribution in [0, 0.1) is 0 Å². The Balaban J connectivity index is 1.52. The van der Waals surface area contributed by atoms with Gasteiger partial charge >= 0.3 is 12.3 Å². The number of alkyl halides is 3. The van der Waals surface area contributed by atoms with Gasteiger partial charge in [0.05, 0.1) is 6.42 Å². The van der Waals surface area contributed by atoms with Crippen molar-refractivity contribution in [3.63, 3.8) is 0 Å². The predicted molar refractivity (Wildman–Crippen MR) is 109 cm³/mol. The SMILES string of the molecule is CNc1cc(COc2ccc3c(c2)cc2n3CCC2CC(=O)O)cc(OC(F)(F)F)c1. The number of anilines is 1. The standard InChI is InChI=1S/C22H21F3N2O4/c1-26-16-6-13(7-18(11-16)31-22(23,24)25)12-30-17-2-3-19-15(8-17)9-20-14(10-21(28)29)4-5-27(19)20/h2-3,6-9,11,14,26H,4-5,10,12H2,1H3,(H,28,29). The van der Waals surface area contributed by atoms with Crippen molar-refractivity contribution in [1.82, 2.24) is 4.57 Å². The van der Waals surface area contributed by atoms with Crippen LogP contribution in [0.3, 0.4) is 0 Å². The summed E-state index contributed by atoms with van der Waals surface area (Å²) in [6.45, 7) is 0.834. The zero-order valence-electron chi connectivity index (χ0n) is 16.7. The van der Waals surface area contributed by atoms with Gasteiger partial charge in [0, 0.05) is 47.9 Å². The molecule has 0 radical (unpaired) electrons. The van der Waals surface area contributed by atoms with E-state index in [1.807, 2.05) is 18.2 Å². The van der Waals surface area contributed by atoms with Crippen molar-refractivity contribution in [2.75, 3.05) is 12.4 Å². The molecule has 0 spiro atoms. The Bertz CT molecular complexity index is 1120. The molecule has 1 atom stereocenters. The fraction of sp³-hybridized carbons (Fsp3) is 0.318. The number of aromatic nitrogens is 1. The fourth-order valence-electron chi connectivity index (χ4n) is 4.05. The van der Waals surface area contributed by atoms with Crippen molar-refractivity contribution >= 4 is 22.6 Å². The van der Waals surface area contributed by atoms with E-state index in [1.54, 1.807) is 19.2 Å². The van der Waals surface area contributed by atoms with E-state index in [2.05, 4.69) is 14.6 Å². The van der Waals surface area contributed by atoms with E-state index in [0.29, 0.717) is 17.0 Å². The second-order valence-corrected chi connectivity index (χ2v) is 7.48. The van der Waals surface area contributed by atoms with Gasteiger partial charge in [-0.15, -0.1) is 13.2 Å². The molecule has 0 saturated heterocycles. The molecule has 4 rings (SSSR count). The van der Waals surface area contributed by atoms with E-state index in [-0.39, 0.29) is 24.7 Å². The third-order valence-electron chi connectivity index (χ3n) is 5.34. The highest BCUT2D eigenvalue weighted by Crippen LogP contribution is 2.37. The Kier molecular flexibility index (Phi) is 5.43. The van der Waals surface area contributed by atoms with Crippen LogP contribution in [0.5, 0.6) is 11.5 Å². The number of nitrogens with one attached hydrogen (secondary N) is 1. The summed E-state index contributed by atoms with van der Waals surface area (Å²) in [6.07, 6.45) is -3.87. The van der Waals surface area contributed by atoms with Crippen molar-refractivity contribution < 1.29 is 32.5 Å². The Morgan fingerprint density at radius 1 is 1.19 bits per heavy atom. The normalized spacial score (nSPS) is 15.7. The number of rotatable bonds is 7. The summed E-state index contributed by atoms with van der Waals surface area (Å²) in [6, 6.07) is 11.8. The maximum Gasteiger partial charge on any atom is 0.573 e. The number of ether oxygens (including phenoxy) is 2. The maximum absolute atomic E-state index is 12.6. The van der Waals surface area contributed by atoms with Gasteiger partial charge in [0.2, 0.25) is 0 Å². The molecule has 164 valence electrons. The summed E-state index contributed by atoms with van der Waals surface area (Å²) in [5.74, 6) is -0.572. The molecular formula is C22H21F3N2O4. The van der Waals surface area contributed by atoms with E-state index >= 15 is 0 Å². The van der Waals surface area contributed by atoms with Gasteiger partial charge in [-0.1, -0.05) is 0 Å². The van der Waals surface area contributed by atoms with E-state index in [9.17, 15) is 18.0 Å². The van der Waals surface area contributed by atoms with Crippen molar-refractivity contribution in [2.45, 2.75) is 38.3 Å². The third kappa shape index (κ3) is 4.70. The van der Waals surface area contributed by atoms with Gasteiger partial charge in [0.1, 0.15) is 18.1 Å². The topological polar surface area (TPSA) is 72.7 Å². The number of carboxylic acids is 1. The summed E-state index contributed by atoms with van der Waals surface area (Å²) in [5, 5.41) is 12.9. The summed E-state index contributed by atoms with van der Waals surface area (Å²) < 4.78 is 49.7. The molecule has 0 fully saturated rings. The van der Waals surface area contributed by atoms with Crippen LogP contribution in [0.1, 0.15) is 30.0 Å². The van der Waals surface area contributed by atoms with E-state index in [1.165, 1.54) is 12.1 Å². The predicted octanol–water partition coefficient (Wildman–Crippen LogP) is 5.12. The molecule has 0 saturated carbocycles. The molecule has 31 heavy (non-hydrogen) atoms. The van der Waals surface area contributed by atoms with Gasteiger partial charge in [-0.2, -0.15) is 0 Å². The number of carbonyl (C=O) groups is 1. The van der Waals surface area contributed by atoms with E-state index in [4.69, 9.17) is 9.84 Å². The van der Waals surface area contributed by atoms with Gasteiger partial charge < -0.3 is 24.5 Å². The van der Waals surface area contributed by atoms with Crippen LogP contribution in [0.15, 0.2) is 42.5 Å². The molecule has 3 aromatic rings. The number of nitrogens with zero attached hydrogens (tertiary/aromatic N) is 1. The van der Waals surface area contributed by atoms with Crippen molar-refractivity contribution in [3.8, 4) is 11.5 Å². The fourth-order valence-corrected chi connectivity index (χ4v) is 4.05. The molecule has 2 N–H and O–H groups in total. The summed E-state index contributed by atoms with van der Waals surface area (Å²) in [5.41, 5.74) is 3.01. The molecule has 2 aromatic carbocycles. The second kappa shape index (κ2) is 8.05. The van der Waals surface area contributed by atoms with E-state index < -0.39 is 12.3 Å². The first-order chi connectivity index (χ1) is 14.7. The molecule has 2 heterocycles. The molecule has 0 bridgehead atoms. The molecule has 0 amide bonds. The average Bonchev–Trinajstić information content (AvgIpc) is 3.23. The van der Waals surface area contributed by atoms with Gasteiger partial charge in [-0.25, -0.2) is 0 Å². The number of benzene rings is 2. The van der Waals surface area contributed by atoms with Crippen LogP contribution < -0.4 is 14.8 Å². The molecule has 1 unspecified atom stereocenters. The molecule has 0 aliphatic carbocycles. The first-order valence-corrected chi connectivity index (χ1v) is 9.77. The average molecular weight is 434 g/mol. The smallest absolute Gasteiger partial charge is 0.489 e. The Hall–Kier alpha value is -3.36. The molecule has 1 aromatic heterocycles. The van der Waals surface area contributed by atoms with Gasteiger partial charge in [0.25, 0.3) is 0 Å². The Morgan fingerprint density at radius 3 is 2.71 bits per heavy atom. The van der Waals surface area contributed by atoms with Crippen LogP contribution in [0.2, 0.25) is 0 Å². The lowest BCUT2D eigenvalue weighted by Crippen LogP contribution is -2.17. The number of halogens is 3. The van der Waals surface area contributed by atoms with Gasteiger partial charge in [-0.05, 0) is 48.4 Å². The van der Waals surface area contributed by atoms with Crippen molar-refractivity contribution in [2.24, 2.45) is 0 Å². The second-order valence-electron chi connectivity index (χ2n) is 7.48. The minimum absolute atomic E-state index is 0.00870. The maximum atomic E-state index is 12.6. The monoisotopic (exact) mass is 434 g/mol. The number of fused-ring (bicyclic) bond motifs is 3. The lowest BCUT2D eigenvalue weighted by molar-refractivity contribution is -0.274. The number of hydrogen-bond donors (Lipinski definition) is 2. The number of carboxylic acid groups (broad SMARTS) is 1. The van der Waals surface area contributed by atoms with Crippen LogP contribution in [-0.2, 0) is 17.9 Å². The first kappa shape index (κ1) is 20.9. The lowest BCUT2D eigenvalue weighted by Gasteiger charge is -2.13. The first-order valence-electron chi connectivity index (χ1n) is 9.77. The zero-order chi connectivity index (χ0) is 22.2. The third-order valence-corrected chi connectivity index (χ3v) is 5.34. The zero-order valence-corrected chi connectivity index (χ0v) is 16.7. The molecule has 9 heteroatoms. The molecule has 1 aliphatic rings. The van der Waals surface area contributed by atoms with Gasteiger partial charge in [0.15, 0.2) is 0 Å². The van der Waals surface area contributed by atoms with Crippen molar-refractivity contribution in [3.05, 3.63) is 53.7 Å². The minimum atomic E-state index is -4.77. The largest absolute Gasteiger partial charge is 0.573 e. The highest BCUT2D eigenvalue weighted by Gasteiger charge is 2.31. The van der Waals surface area contributed by atoms with Crippen LogP contribution in [0.4, 0.5) is 18.9 Å². The number of aryl methyl sites for hydroxylation is 1. The van der Waals surface area contributed by atoms with Crippen LogP contribution in [0.25, 0.3) is 10.9 Å². The molecule has 6 nitrogen and oxygen atoms in total. The summed E-state index contributed by atoms with van der Waals surface area (Å²) in [7, 11) is 1.61. The van der Waals surface area contributed by atoms with Crippen LogP contribution >= 0.6 is 0 Å². The summed E-state index contributed by atoms with van der Waals surface area (Å²) >= 11 is 0. The lowest BCUT2D eigenvalue weighted by atomic mass is 10.0. The Labute approximate surface area is 176 Å². The number of hydrogen-bond acceptors (Lipinski definition) is 4. The highest BCUT2D eigenvalue weighted by atomic mass is 19.4. The molecular weight excluding hydrogens is 413 g/mol. The van der Waals surface area contributed by atoms with Crippen molar-refractivity contribution in [1.29, 1.82) is 0 Å². The van der Waals surface area contributed by atoms with Gasteiger partial charge in [-0.3, -0.25) is 4.79 Å².